The maximum absolute atomic E-state index is 6.90. The second-order valence-electron chi connectivity index (χ2n) is 1.45. The third kappa shape index (κ3) is 2.63. The van der Waals surface area contributed by atoms with E-state index in [0.717, 1.165) is 10.6 Å². The predicted octanol–water partition coefficient (Wildman–Crippen LogP) is 2.81. The van der Waals surface area contributed by atoms with Crippen LogP contribution >= 0.6 is 11.3 Å². The summed E-state index contributed by atoms with van der Waals surface area (Å²) in [6, 6.07) is 0. The summed E-state index contributed by atoms with van der Waals surface area (Å²) >= 11 is 1.45. The summed E-state index contributed by atoms with van der Waals surface area (Å²) in [6.45, 7) is 7.55. The van der Waals surface area contributed by atoms with Crippen molar-refractivity contribution >= 4 is 23.6 Å². The van der Waals surface area contributed by atoms with Gasteiger partial charge in [-0.2, -0.15) is 0 Å². The lowest BCUT2D eigenvalue weighted by atomic mass is 10.4. The molecule has 1 N–H and O–H groups in total. The first kappa shape index (κ1) is 10.0. The molecule has 0 saturated heterocycles. The van der Waals surface area contributed by atoms with E-state index in [0.29, 0.717) is 0 Å². The van der Waals surface area contributed by atoms with Crippen LogP contribution in [0.5, 0.6) is 0 Å². The Morgan fingerprint density at radius 2 is 2.27 bits per heavy atom. The van der Waals surface area contributed by atoms with Gasteiger partial charge in [-0.15, -0.1) is 11.3 Å². The van der Waals surface area contributed by atoms with Gasteiger partial charge >= 0.3 is 0 Å². The molecule has 0 aromatic carbocycles. The Hall–Kier alpha value is -0.960. The molecule has 0 spiro atoms. The largest absolute Gasteiger partial charge is 0.307 e. The van der Waals surface area contributed by atoms with E-state index in [1.165, 1.54) is 17.6 Å². The minimum Gasteiger partial charge on any atom is -0.307 e. The average Bonchev–Trinajstić information content (AvgIpc) is 2.54. The normalized spacial score (nSPS) is 7.82. The molecule has 0 bridgehead atoms. The fraction of sp³-hybridized carbons (Fsp3) is 0.250. The van der Waals surface area contributed by atoms with E-state index < -0.39 is 0 Å². The van der Waals surface area contributed by atoms with Gasteiger partial charge in [0.25, 0.3) is 0 Å². The lowest BCUT2D eigenvalue weighted by Gasteiger charge is -1.81. The van der Waals surface area contributed by atoms with Gasteiger partial charge in [-0.05, 0) is 6.08 Å². The van der Waals surface area contributed by atoms with Gasteiger partial charge < -0.3 is 5.41 Å². The fourth-order valence-electron chi connectivity index (χ4n) is 0.525. The van der Waals surface area contributed by atoms with E-state index in [-0.39, 0.29) is 0 Å². The summed E-state index contributed by atoms with van der Waals surface area (Å²) in [5, 5.41) is 6.90. The molecule has 2 nitrogen and oxygen atoms in total. The van der Waals surface area contributed by atoms with Crippen LogP contribution in [0.2, 0.25) is 0 Å². The Bertz CT molecular complexity index is 205. The zero-order valence-electron chi connectivity index (χ0n) is 6.79. The molecule has 11 heavy (non-hydrogen) atoms. The van der Waals surface area contributed by atoms with Crippen LogP contribution < -0.4 is 0 Å². The SMILES string of the molecule is C=Cc1ncsc1C=N.CC. The first-order chi connectivity index (χ1) is 5.38. The summed E-state index contributed by atoms with van der Waals surface area (Å²) in [7, 11) is 0. The van der Waals surface area contributed by atoms with Crippen LogP contribution in [0.4, 0.5) is 0 Å². The van der Waals surface area contributed by atoms with Crippen molar-refractivity contribution in [3.05, 3.63) is 22.7 Å². The van der Waals surface area contributed by atoms with E-state index in [9.17, 15) is 0 Å². The lowest BCUT2D eigenvalue weighted by Crippen LogP contribution is -1.76. The van der Waals surface area contributed by atoms with Crippen molar-refractivity contribution in [2.75, 3.05) is 0 Å². The van der Waals surface area contributed by atoms with Crippen LogP contribution in [0, 0.1) is 5.41 Å². The van der Waals surface area contributed by atoms with Crippen LogP contribution in [-0.2, 0) is 0 Å². The standard InChI is InChI=1S/C6H6N2S.C2H6/c1-2-5-6(3-7)9-4-8-5;1-2/h2-4,7H,1H2;1-2H3. The summed E-state index contributed by atoms with van der Waals surface area (Å²) in [5.74, 6) is 0. The second-order valence-corrected chi connectivity index (χ2v) is 2.34. The van der Waals surface area contributed by atoms with Gasteiger partial charge in [-0.25, -0.2) is 4.98 Å². The molecule has 0 aliphatic heterocycles. The number of hydrogen-bond donors (Lipinski definition) is 1. The van der Waals surface area contributed by atoms with Gasteiger partial charge in [0, 0.05) is 6.21 Å². The van der Waals surface area contributed by atoms with Crippen molar-refractivity contribution in [3.8, 4) is 0 Å². The Morgan fingerprint density at radius 3 is 2.64 bits per heavy atom. The molecule has 0 fully saturated rings. The van der Waals surface area contributed by atoms with Crippen LogP contribution in [0.25, 0.3) is 6.08 Å². The van der Waals surface area contributed by atoms with Crippen molar-refractivity contribution < 1.29 is 0 Å². The van der Waals surface area contributed by atoms with E-state index in [1.807, 2.05) is 13.8 Å². The third-order valence-electron chi connectivity index (χ3n) is 0.948. The van der Waals surface area contributed by atoms with Crippen LogP contribution in [-0.4, -0.2) is 11.2 Å². The molecule has 0 aliphatic rings. The average molecular weight is 168 g/mol. The topological polar surface area (TPSA) is 36.7 Å². The Kier molecular flexibility index (Phi) is 5.29. The van der Waals surface area contributed by atoms with Crippen LogP contribution in [0.1, 0.15) is 24.4 Å². The quantitative estimate of drug-likeness (QED) is 0.677. The van der Waals surface area contributed by atoms with E-state index in [1.54, 1.807) is 11.6 Å². The van der Waals surface area contributed by atoms with Crippen molar-refractivity contribution in [2.24, 2.45) is 0 Å². The van der Waals surface area contributed by atoms with Crippen molar-refractivity contribution in [1.29, 1.82) is 5.41 Å². The molecule has 0 aliphatic carbocycles. The Labute approximate surface area is 71.1 Å². The minimum absolute atomic E-state index is 0.801. The molecule has 1 heterocycles. The highest BCUT2D eigenvalue weighted by molar-refractivity contribution is 7.11. The van der Waals surface area contributed by atoms with Crippen LogP contribution in [0.3, 0.4) is 0 Å². The fourth-order valence-corrected chi connectivity index (χ4v) is 1.13. The third-order valence-corrected chi connectivity index (χ3v) is 1.74. The van der Waals surface area contributed by atoms with Gasteiger partial charge in [0.2, 0.25) is 0 Å². The maximum atomic E-state index is 6.90. The summed E-state index contributed by atoms with van der Waals surface area (Å²) in [5.41, 5.74) is 2.51. The highest BCUT2D eigenvalue weighted by Crippen LogP contribution is 2.10. The van der Waals surface area contributed by atoms with Crippen LogP contribution in [0.15, 0.2) is 12.1 Å². The van der Waals surface area contributed by atoms with Gasteiger partial charge in [-0.3, -0.25) is 0 Å². The van der Waals surface area contributed by atoms with Crippen molar-refractivity contribution in [2.45, 2.75) is 13.8 Å². The van der Waals surface area contributed by atoms with E-state index in [2.05, 4.69) is 11.6 Å². The highest BCUT2D eigenvalue weighted by Gasteiger charge is 1.95. The Morgan fingerprint density at radius 1 is 1.64 bits per heavy atom. The Balaban J connectivity index is 0.000000461. The van der Waals surface area contributed by atoms with E-state index in [4.69, 9.17) is 5.41 Å². The molecule has 3 heteroatoms. The number of aromatic nitrogens is 1. The molecule has 60 valence electrons. The summed E-state index contributed by atoms with van der Waals surface area (Å²) in [6.07, 6.45) is 2.94. The zero-order valence-corrected chi connectivity index (χ0v) is 7.61. The molecule has 1 aromatic rings. The van der Waals surface area contributed by atoms with E-state index >= 15 is 0 Å². The molecule has 0 unspecified atom stereocenters. The summed E-state index contributed by atoms with van der Waals surface area (Å²) in [4.78, 5) is 4.82. The molecule has 0 saturated carbocycles. The van der Waals surface area contributed by atoms with Gasteiger partial charge in [0.1, 0.15) is 0 Å². The highest BCUT2D eigenvalue weighted by atomic mass is 32.1. The number of thiazole rings is 1. The second kappa shape index (κ2) is 5.80. The van der Waals surface area contributed by atoms with Gasteiger partial charge in [0.15, 0.2) is 0 Å². The number of hydrogen-bond acceptors (Lipinski definition) is 3. The lowest BCUT2D eigenvalue weighted by molar-refractivity contribution is 1.38. The molecule has 0 radical (unpaired) electrons. The van der Waals surface area contributed by atoms with Crippen molar-refractivity contribution in [1.82, 2.24) is 4.98 Å². The zero-order chi connectivity index (χ0) is 8.69. The first-order valence-corrected chi connectivity index (χ1v) is 4.33. The first-order valence-electron chi connectivity index (χ1n) is 3.45. The molecular weight excluding hydrogens is 156 g/mol. The monoisotopic (exact) mass is 168 g/mol. The van der Waals surface area contributed by atoms with Gasteiger partial charge in [-0.1, -0.05) is 20.4 Å². The van der Waals surface area contributed by atoms with Gasteiger partial charge in [0.05, 0.1) is 16.1 Å². The number of nitrogens with one attached hydrogen (secondary N) is 1. The number of rotatable bonds is 2. The smallest absolute Gasteiger partial charge is 0.0821 e. The molecule has 0 atom stereocenters. The molecule has 1 rings (SSSR count). The maximum Gasteiger partial charge on any atom is 0.0821 e. The summed E-state index contributed by atoms with van der Waals surface area (Å²) < 4.78 is 0. The predicted molar refractivity (Wildman–Crippen MR) is 51.4 cm³/mol. The molecular formula is C8H12N2S. The van der Waals surface area contributed by atoms with Crippen molar-refractivity contribution in [3.63, 3.8) is 0 Å². The minimum atomic E-state index is 0.801. The molecule has 1 aromatic heterocycles. The number of nitrogens with zero attached hydrogens (tertiary/aromatic N) is 1. The molecule has 0 amide bonds.